The number of benzene rings is 7. The van der Waals surface area contributed by atoms with Crippen LogP contribution in [0.4, 0.5) is 5.69 Å². The Kier molecular flexibility index (Phi) is 5.57. The van der Waals surface area contributed by atoms with Crippen LogP contribution in [0.2, 0.25) is 0 Å². The summed E-state index contributed by atoms with van der Waals surface area (Å²) in [7, 11) is 0. The Hall–Kier alpha value is -6.33. The van der Waals surface area contributed by atoms with Crippen molar-refractivity contribution in [1.29, 1.82) is 0 Å². The van der Waals surface area contributed by atoms with Gasteiger partial charge in [0.1, 0.15) is 5.58 Å². The van der Waals surface area contributed by atoms with E-state index in [1.54, 1.807) is 0 Å². The molecule has 0 atom stereocenters. The lowest BCUT2D eigenvalue weighted by molar-refractivity contribution is 0.607. The summed E-state index contributed by atoms with van der Waals surface area (Å²) >= 11 is 0. The molecular formula is C42H26N4O. The van der Waals surface area contributed by atoms with E-state index in [0.717, 1.165) is 67.2 Å². The number of furan rings is 1. The van der Waals surface area contributed by atoms with Crippen molar-refractivity contribution < 1.29 is 4.42 Å². The summed E-state index contributed by atoms with van der Waals surface area (Å²) in [6.07, 6.45) is 4.12. The van der Waals surface area contributed by atoms with Crippen LogP contribution in [-0.4, -0.2) is 21.5 Å². The molecule has 5 heteroatoms. The first-order valence-electron chi connectivity index (χ1n) is 15.8. The number of nitrogens with one attached hydrogen (secondary N) is 1. The average molecular weight is 603 g/mol. The summed E-state index contributed by atoms with van der Waals surface area (Å²) in [5, 5.41) is 13.7. The highest BCUT2D eigenvalue weighted by Gasteiger charge is 2.20. The topological polar surface area (TPSA) is 63.8 Å². The van der Waals surface area contributed by atoms with Crippen LogP contribution in [0.5, 0.6) is 0 Å². The van der Waals surface area contributed by atoms with Crippen LogP contribution in [0.3, 0.4) is 0 Å². The predicted molar refractivity (Wildman–Crippen MR) is 193 cm³/mol. The SMILES string of the molecule is C1=Cc2oc3c(ccc4c(-c5nc(-c6ccc7ccccc7c6)nc(-c6ccc7c(ccc8ccccc87)c6)n5)cccc43)c2NC1. The van der Waals surface area contributed by atoms with Gasteiger partial charge in [0.25, 0.3) is 0 Å². The molecule has 0 saturated heterocycles. The van der Waals surface area contributed by atoms with Crippen molar-refractivity contribution in [3.63, 3.8) is 0 Å². The molecule has 0 bridgehead atoms. The van der Waals surface area contributed by atoms with E-state index in [0.29, 0.717) is 17.5 Å². The Labute approximate surface area is 269 Å². The Balaban J connectivity index is 1.20. The van der Waals surface area contributed by atoms with Crippen LogP contribution < -0.4 is 5.32 Å². The molecule has 220 valence electrons. The van der Waals surface area contributed by atoms with E-state index in [4.69, 9.17) is 19.4 Å². The Bertz CT molecular complexity index is 2760. The largest absolute Gasteiger partial charge is 0.454 e. The number of aromatic nitrogens is 3. The molecule has 1 N–H and O–H groups in total. The molecule has 7 aromatic carbocycles. The van der Waals surface area contributed by atoms with E-state index >= 15 is 0 Å². The van der Waals surface area contributed by atoms with E-state index in [2.05, 4.69) is 139 Å². The molecule has 0 saturated carbocycles. The molecule has 0 aliphatic carbocycles. The fourth-order valence-corrected chi connectivity index (χ4v) is 6.99. The summed E-state index contributed by atoms with van der Waals surface area (Å²) in [6.45, 7) is 0.788. The van der Waals surface area contributed by atoms with E-state index in [9.17, 15) is 0 Å². The van der Waals surface area contributed by atoms with Crippen molar-refractivity contribution in [2.45, 2.75) is 0 Å². The molecule has 0 radical (unpaired) electrons. The minimum absolute atomic E-state index is 0.621. The molecule has 0 spiro atoms. The third-order valence-electron chi connectivity index (χ3n) is 9.29. The molecule has 10 rings (SSSR count). The van der Waals surface area contributed by atoms with Gasteiger partial charge in [0.05, 0.1) is 5.69 Å². The second kappa shape index (κ2) is 10.1. The van der Waals surface area contributed by atoms with Crippen molar-refractivity contribution >= 4 is 65.8 Å². The summed E-state index contributed by atoms with van der Waals surface area (Å²) in [5.41, 5.74) is 4.72. The Morgan fingerprint density at radius 1 is 0.489 bits per heavy atom. The van der Waals surface area contributed by atoms with E-state index in [-0.39, 0.29) is 0 Å². The van der Waals surface area contributed by atoms with Crippen molar-refractivity contribution in [3.8, 4) is 34.2 Å². The highest BCUT2D eigenvalue weighted by Crippen LogP contribution is 2.40. The Morgan fingerprint density at radius 3 is 2.02 bits per heavy atom. The summed E-state index contributed by atoms with van der Waals surface area (Å²) in [5.74, 6) is 2.75. The minimum Gasteiger partial charge on any atom is -0.454 e. The van der Waals surface area contributed by atoms with Crippen molar-refractivity contribution in [1.82, 2.24) is 15.0 Å². The molecule has 0 amide bonds. The lowest BCUT2D eigenvalue weighted by Gasteiger charge is -2.12. The van der Waals surface area contributed by atoms with Crippen LogP contribution in [-0.2, 0) is 0 Å². The molecule has 2 aromatic heterocycles. The van der Waals surface area contributed by atoms with Gasteiger partial charge in [-0.2, -0.15) is 0 Å². The van der Waals surface area contributed by atoms with Gasteiger partial charge < -0.3 is 9.73 Å². The summed E-state index contributed by atoms with van der Waals surface area (Å²) in [4.78, 5) is 15.4. The maximum Gasteiger partial charge on any atom is 0.164 e. The third kappa shape index (κ3) is 4.14. The smallest absolute Gasteiger partial charge is 0.164 e. The first kappa shape index (κ1) is 25.9. The van der Waals surface area contributed by atoms with Crippen LogP contribution in [0.25, 0.3) is 94.3 Å². The predicted octanol–water partition coefficient (Wildman–Crippen LogP) is 10.7. The van der Waals surface area contributed by atoms with Gasteiger partial charge in [0, 0.05) is 34.0 Å². The first-order valence-corrected chi connectivity index (χ1v) is 15.8. The zero-order chi connectivity index (χ0) is 30.9. The van der Waals surface area contributed by atoms with Gasteiger partial charge in [-0.25, -0.2) is 15.0 Å². The van der Waals surface area contributed by atoms with Gasteiger partial charge in [-0.15, -0.1) is 0 Å². The monoisotopic (exact) mass is 602 g/mol. The van der Waals surface area contributed by atoms with Crippen LogP contribution in [0.15, 0.2) is 138 Å². The highest BCUT2D eigenvalue weighted by atomic mass is 16.3. The third-order valence-corrected chi connectivity index (χ3v) is 9.29. The second-order valence-electron chi connectivity index (χ2n) is 12.1. The number of hydrogen-bond acceptors (Lipinski definition) is 5. The lowest BCUT2D eigenvalue weighted by atomic mass is 9.99. The molecule has 47 heavy (non-hydrogen) atoms. The highest BCUT2D eigenvalue weighted by molar-refractivity contribution is 6.14. The molecule has 1 aliphatic rings. The van der Waals surface area contributed by atoms with Crippen molar-refractivity contribution in [2.24, 2.45) is 0 Å². The zero-order valence-electron chi connectivity index (χ0n) is 25.2. The maximum atomic E-state index is 6.39. The molecule has 9 aromatic rings. The van der Waals surface area contributed by atoms with E-state index in [1.807, 2.05) is 6.08 Å². The number of anilines is 1. The number of hydrogen-bond donors (Lipinski definition) is 1. The minimum atomic E-state index is 0.621. The van der Waals surface area contributed by atoms with Crippen LogP contribution in [0.1, 0.15) is 5.76 Å². The van der Waals surface area contributed by atoms with Crippen molar-refractivity contribution in [2.75, 3.05) is 11.9 Å². The molecule has 0 unspecified atom stereocenters. The maximum absolute atomic E-state index is 6.39. The molecule has 3 heterocycles. The number of nitrogens with zero attached hydrogens (tertiary/aromatic N) is 3. The lowest BCUT2D eigenvalue weighted by Crippen LogP contribution is -2.02. The van der Waals surface area contributed by atoms with Crippen molar-refractivity contribution in [3.05, 3.63) is 139 Å². The zero-order valence-corrected chi connectivity index (χ0v) is 25.2. The fourth-order valence-electron chi connectivity index (χ4n) is 6.99. The van der Waals surface area contributed by atoms with Gasteiger partial charge in [0.2, 0.25) is 0 Å². The molecule has 0 fully saturated rings. The van der Waals surface area contributed by atoms with Gasteiger partial charge in [0.15, 0.2) is 23.2 Å². The summed E-state index contributed by atoms with van der Waals surface area (Å²) < 4.78 is 6.39. The molecule has 1 aliphatic heterocycles. The number of rotatable bonds is 3. The van der Waals surface area contributed by atoms with Gasteiger partial charge in [-0.3, -0.25) is 0 Å². The van der Waals surface area contributed by atoms with E-state index < -0.39 is 0 Å². The van der Waals surface area contributed by atoms with Gasteiger partial charge in [-0.1, -0.05) is 115 Å². The standard InChI is InChI=1S/C42H26N4O/c1-2-9-27-23-29(17-14-25(27)7-1)40-44-41(30-18-19-32-28(24-30)16-15-26-8-3-4-10-31(26)32)46-42(45-40)35-12-5-11-34-33(35)20-21-36-38-37(47-39(34)36)13-6-22-43-38/h1-21,23-24,43H,22H2. The van der Waals surface area contributed by atoms with Crippen LogP contribution in [0, 0.1) is 0 Å². The normalized spacial score (nSPS) is 12.7. The van der Waals surface area contributed by atoms with Gasteiger partial charge in [-0.05, 0) is 62.0 Å². The van der Waals surface area contributed by atoms with Gasteiger partial charge >= 0.3 is 0 Å². The van der Waals surface area contributed by atoms with Crippen LogP contribution >= 0.6 is 0 Å². The fraction of sp³-hybridized carbons (Fsp3) is 0.0238. The molecule has 5 nitrogen and oxygen atoms in total. The average Bonchev–Trinajstić information content (AvgIpc) is 3.53. The quantitative estimate of drug-likeness (QED) is 0.204. The Morgan fingerprint density at radius 2 is 1.13 bits per heavy atom. The first-order chi connectivity index (χ1) is 23.3. The number of fused-ring (bicyclic) bond motifs is 9. The van der Waals surface area contributed by atoms with E-state index in [1.165, 1.54) is 21.5 Å². The summed E-state index contributed by atoms with van der Waals surface area (Å²) in [6, 6.07) is 44.6. The second-order valence-corrected chi connectivity index (χ2v) is 12.1. The molecular weight excluding hydrogens is 576 g/mol.